The van der Waals surface area contributed by atoms with Crippen molar-refractivity contribution in [3.05, 3.63) is 54.0 Å². The number of hydrogen-bond donors (Lipinski definition) is 1. The average Bonchev–Trinajstić information content (AvgIpc) is 3.11. The molecule has 3 rings (SSSR count). The Bertz CT molecular complexity index is 831. The van der Waals surface area contributed by atoms with Crippen LogP contribution in [0.5, 0.6) is 0 Å². The van der Waals surface area contributed by atoms with Crippen LogP contribution in [0.25, 0.3) is 11.0 Å². The third kappa shape index (κ3) is 2.78. The molecule has 0 saturated heterocycles. The fraction of sp³-hybridized carbons (Fsp3) is 0.250. The number of nitrogens with zero attached hydrogens (tertiary/aromatic N) is 2. The molecule has 0 fully saturated rings. The quantitative estimate of drug-likeness (QED) is 0.706. The number of Topliss-reactive ketones (excluding diaryl/α,β-unsaturated/α-hetero) is 1. The number of ketones is 1. The normalized spacial score (nSPS) is 10.6. The van der Waals surface area contributed by atoms with Gasteiger partial charge >= 0.3 is 0 Å². The molecular formula is C16H18BrN3O2. The van der Waals surface area contributed by atoms with Crippen molar-refractivity contribution < 1.29 is 9.21 Å². The van der Waals surface area contributed by atoms with Crippen molar-refractivity contribution in [3.63, 3.8) is 0 Å². The maximum Gasteiger partial charge on any atom is 0.217 e. The molecule has 0 aliphatic heterocycles. The molecule has 0 unspecified atom stereocenters. The van der Waals surface area contributed by atoms with E-state index in [-0.39, 0.29) is 29.3 Å². The van der Waals surface area contributed by atoms with E-state index in [4.69, 9.17) is 9.83 Å². The first kappa shape index (κ1) is 16.3. The zero-order chi connectivity index (χ0) is 14.8. The van der Waals surface area contributed by atoms with Crippen LogP contribution in [0, 0.1) is 5.41 Å². The van der Waals surface area contributed by atoms with E-state index in [9.17, 15) is 4.79 Å². The number of imidazole rings is 1. The van der Waals surface area contributed by atoms with Gasteiger partial charge in [0.05, 0.1) is 23.8 Å². The summed E-state index contributed by atoms with van der Waals surface area (Å²) in [7, 11) is 0. The van der Waals surface area contributed by atoms with Crippen LogP contribution in [0.1, 0.15) is 23.9 Å². The summed E-state index contributed by atoms with van der Waals surface area (Å²) in [6.07, 6.45) is 2.43. The molecule has 0 aliphatic carbocycles. The smallest absolute Gasteiger partial charge is 0.217 e. The van der Waals surface area contributed by atoms with Gasteiger partial charge < -0.3 is 13.6 Å². The van der Waals surface area contributed by atoms with E-state index in [0.717, 1.165) is 24.0 Å². The van der Waals surface area contributed by atoms with Crippen molar-refractivity contribution in [2.45, 2.75) is 26.4 Å². The first-order chi connectivity index (χ1) is 10.2. The molecule has 0 radical (unpaired) electrons. The SMILES string of the molecule is Br.CCCn1c(=N)n(CC(=O)c2ccco2)c2ccccc21. The number of furan rings is 1. The topological polar surface area (TPSA) is 63.9 Å². The number of carbonyl (C=O) groups is 1. The lowest BCUT2D eigenvalue weighted by molar-refractivity contribution is 0.0944. The minimum atomic E-state index is -0.127. The van der Waals surface area contributed by atoms with Crippen LogP contribution in [0.4, 0.5) is 0 Å². The molecule has 1 N–H and O–H groups in total. The van der Waals surface area contributed by atoms with Crippen LogP contribution < -0.4 is 5.62 Å². The molecule has 0 amide bonds. The first-order valence-corrected chi connectivity index (χ1v) is 7.01. The Morgan fingerprint density at radius 3 is 2.41 bits per heavy atom. The van der Waals surface area contributed by atoms with Gasteiger partial charge in [0.25, 0.3) is 0 Å². The van der Waals surface area contributed by atoms with E-state index in [1.807, 2.05) is 28.8 Å². The van der Waals surface area contributed by atoms with Gasteiger partial charge in [0.15, 0.2) is 5.76 Å². The van der Waals surface area contributed by atoms with Crippen molar-refractivity contribution >= 4 is 33.8 Å². The predicted octanol–water partition coefficient (Wildman–Crippen LogP) is 3.39. The molecule has 6 heteroatoms. The Hall–Kier alpha value is -2.08. The van der Waals surface area contributed by atoms with Crippen LogP contribution in [0.3, 0.4) is 0 Å². The maximum absolute atomic E-state index is 12.2. The molecule has 2 heterocycles. The highest BCUT2D eigenvalue weighted by Crippen LogP contribution is 2.14. The van der Waals surface area contributed by atoms with Gasteiger partial charge in [-0.25, -0.2) is 0 Å². The fourth-order valence-corrected chi connectivity index (χ4v) is 2.56. The molecule has 3 aromatic rings. The number of halogens is 1. The van der Waals surface area contributed by atoms with E-state index < -0.39 is 0 Å². The fourth-order valence-electron chi connectivity index (χ4n) is 2.56. The van der Waals surface area contributed by atoms with E-state index in [0.29, 0.717) is 11.4 Å². The van der Waals surface area contributed by atoms with Crippen LogP contribution in [-0.4, -0.2) is 14.9 Å². The van der Waals surface area contributed by atoms with Crippen molar-refractivity contribution in [3.8, 4) is 0 Å². The van der Waals surface area contributed by atoms with Gasteiger partial charge in [-0.3, -0.25) is 10.2 Å². The number of para-hydroxylation sites is 2. The minimum Gasteiger partial charge on any atom is -0.461 e. The molecule has 22 heavy (non-hydrogen) atoms. The lowest BCUT2D eigenvalue weighted by atomic mass is 10.3. The van der Waals surface area contributed by atoms with Crippen LogP contribution in [0.15, 0.2) is 47.1 Å². The van der Waals surface area contributed by atoms with Crippen molar-refractivity contribution in [2.75, 3.05) is 0 Å². The zero-order valence-electron chi connectivity index (χ0n) is 12.3. The summed E-state index contributed by atoms with van der Waals surface area (Å²) in [6, 6.07) is 11.1. The minimum absolute atomic E-state index is 0. The molecule has 0 saturated carbocycles. The molecular weight excluding hydrogens is 346 g/mol. The highest BCUT2D eigenvalue weighted by atomic mass is 79.9. The number of aromatic nitrogens is 2. The van der Waals surface area contributed by atoms with Gasteiger partial charge in [0.2, 0.25) is 11.4 Å². The summed E-state index contributed by atoms with van der Waals surface area (Å²) in [5, 5.41) is 8.34. The van der Waals surface area contributed by atoms with Crippen molar-refractivity contribution in [1.82, 2.24) is 9.13 Å². The standard InChI is InChI=1S/C16H17N3O2.BrH/c1-2-9-18-12-6-3-4-7-13(12)19(16(18)17)11-14(20)15-8-5-10-21-15;/h3-8,10,17H,2,9,11H2,1H3;1H. The summed E-state index contributed by atoms with van der Waals surface area (Å²) in [5.41, 5.74) is 2.23. The zero-order valence-corrected chi connectivity index (χ0v) is 14.0. The van der Waals surface area contributed by atoms with Gasteiger partial charge in [0, 0.05) is 6.54 Å². The largest absolute Gasteiger partial charge is 0.461 e. The van der Waals surface area contributed by atoms with Crippen molar-refractivity contribution in [2.24, 2.45) is 0 Å². The highest BCUT2D eigenvalue weighted by Gasteiger charge is 2.15. The Balaban J connectivity index is 0.00000176. The van der Waals surface area contributed by atoms with Crippen LogP contribution in [0.2, 0.25) is 0 Å². The second-order valence-corrected chi connectivity index (χ2v) is 4.95. The molecule has 0 aliphatic rings. The van der Waals surface area contributed by atoms with Gasteiger partial charge in [0.1, 0.15) is 0 Å². The Labute approximate surface area is 138 Å². The Morgan fingerprint density at radius 2 is 1.82 bits per heavy atom. The number of rotatable bonds is 5. The number of fused-ring (bicyclic) bond motifs is 1. The molecule has 116 valence electrons. The van der Waals surface area contributed by atoms with Crippen LogP contribution >= 0.6 is 17.0 Å². The Kier molecular flexibility index (Phi) is 5.03. The van der Waals surface area contributed by atoms with Crippen LogP contribution in [-0.2, 0) is 13.1 Å². The molecule has 1 aromatic carbocycles. The summed E-state index contributed by atoms with van der Waals surface area (Å²) in [5.74, 6) is 0.201. The summed E-state index contributed by atoms with van der Waals surface area (Å²) in [6.45, 7) is 2.96. The third-order valence-electron chi connectivity index (χ3n) is 3.52. The monoisotopic (exact) mass is 363 g/mol. The predicted molar refractivity (Wildman–Crippen MR) is 89.4 cm³/mol. The van der Waals surface area contributed by atoms with Gasteiger partial charge in [-0.15, -0.1) is 17.0 Å². The number of hydrogen-bond acceptors (Lipinski definition) is 3. The summed E-state index contributed by atoms with van der Waals surface area (Å²) < 4.78 is 8.81. The van der Waals surface area contributed by atoms with Crippen molar-refractivity contribution in [1.29, 1.82) is 5.41 Å². The third-order valence-corrected chi connectivity index (χ3v) is 3.52. The highest BCUT2D eigenvalue weighted by molar-refractivity contribution is 8.93. The second-order valence-electron chi connectivity index (χ2n) is 4.95. The first-order valence-electron chi connectivity index (χ1n) is 7.01. The van der Waals surface area contributed by atoms with E-state index >= 15 is 0 Å². The molecule has 2 aromatic heterocycles. The van der Waals surface area contributed by atoms with Gasteiger partial charge in [-0.05, 0) is 30.7 Å². The second kappa shape index (κ2) is 6.79. The summed E-state index contributed by atoms with van der Waals surface area (Å²) in [4.78, 5) is 12.2. The Morgan fingerprint density at radius 1 is 1.14 bits per heavy atom. The van der Waals surface area contributed by atoms with E-state index in [1.54, 1.807) is 16.7 Å². The van der Waals surface area contributed by atoms with Gasteiger partial charge in [-0.1, -0.05) is 19.1 Å². The average molecular weight is 364 g/mol. The van der Waals surface area contributed by atoms with E-state index in [1.165, 1.54) is 6.26 Å². The lowest BCUT2D eigenvalue weighted by Gasteiger charge is -2.02. The molecule has 0 bridgehead atoms. The number of carbonyl (C=O) groups excluding carboxylic acids is 1. The van der Waals surface area contributed by atoms with E-state index in [2.05, 4.69) is 6.92 Å². The maximum atomic E-state index is 12.2. The number of benzene rings is 1. The summed E-state index contributed by atoms with van der Waals surface area (Å²) >= 11 is 0. The molecule has 5 nitrogen and oxygen atoms in total. The molecule has 0 atom stereocenters. The molecule has 0 spiro atoms. The number of aryl methyl sites for hydroxylation is 1. The number of nitrogens with one attached hydrogen (secondary N) is 1. The van der Waals surface area contributed by atoms with Gasteiger partial charge in [-0.2, -0.15) is 0 Å². The lowest BCUT2D eigenvalue weighted by Crippen LogP contribution is -2.27.